The summed E-state index contributed by atoms with van der Waals surface area (Å²) in [5.74, 6) is 0.0101. The van der Waals surface area contributed by atoms with Gasteiger partial charge in [0.05, 0.1) is 17.4 Å². The molecule has 5 rings (SSSR count). The number of hydrogen-bond donors (Lipinski definition) is 1. The van der Waals surface area contributed by atoms with Gasteiger partial charge in [-0.25, -0.2) is 9.97 Å². The Morgan fingerprint density at radius 3 is 2.55 bits per heavy atom. The van der Waals surface area contributed by atoms with Crippen LogP contribution in [0, 0.1) is 0 Å². The van der Waals surface area contributed by atoms with Gasteiger partial charge in [0.15, 0.2) is 5.65 Å². The van der Waals surface area contributed by atoms with Crippen LogP contribution < -0.4 is 5.32 Å². The Morgan fingerprint density at radius 2 is 1.79 bits per heavy atom. The lowest BCUT2D eigenvalue weighted by Gasteiger charge is -2.41. The largest absolute Gasteiger partial charge is 0.345 e. The molecule has 1 aliphatic heterocycles. The number of nitrogens with one attached hydrogen (secondary N) is 1. The van der Waals surface area contributed by atoms with Crippen LogP contribution in [0.15, 0.2) is 18.6 Å². The third-order valence-corrected chi connectivity index (χ3v) is 7.31. The first-order chi connectivity index (χ1) is 14.2. The average molecular weight is 396 g/mol. The summed E-state index contributed by atoms with van der Waals surface area (Å²) in [5, 5.41) is 3.45. The highest BCUT2D eigenvalue weighted by Crippen LogP contribution is 2.32. The fourth-order valence-corrected chi connectivity index (χ4v) is 5.73. The molecule has 1 N–H and O–H groups in total. The van der Waals surface area contributed by atoms with Crippen LogP contribution >= 0.6 is 0 Å². The van der Waals surface area contributed by atoms with Gasteiger partial charge in [-0.05, 0) is 57.7 Å². The van der Waals surface area contributed by atoms with Crippen LogP contribution in [0.3, 0.4) is 0 Å². The predicted octanol–water partition coefficient (Wildman–Crippen LogP) is 4.07. The van der Waals surface area contributed by atoms with Crippen LogP contribution in [-0.4, -0.2) is 50.5 Å². The Morgan fingerprint density at radius 1 is 1.03 bits per heavy atom. The number of hydrogen-bond acceptors (Lipinski definition) is 4. The number of carbonyl (C=O) groups excluding carboxylic acids is 1. The van der Waals surface area contributed by atoms with Gasteiger partial charge in [-0.3, -0.25) is 4.79 Å². The number of amides is 1. The molecule has 6 nitrogen and oxygen atoms in total. The molecule has 0 unspecified atom stereocenters. The second kappa shape index (κ2) is 8.05. The molecule has 29 heavy (non-hydrogen) atoms. The molecule has 0 bridgehead atoms. The number of carbonyl (C=O) groups is 1. The maximum atomic E-state index is 13.2. The van der Waals surface area contributed by atoms with Crippen molar-refractivity contribution >= 4 is 17.1 Å². The van der Waals surface area contributed by atoms with E-state index in [1.807, 2.05) is 12.4 Å². The lowest BCUT2D eigenvalue weighted by molar-refractivity contribution is 0.0822. The van der Waals surface area contributed by atoms with E-state index in [1.54, 1.807) is 6.20 Å². The van der Waals surface area contributed by atoms with E-state index in [0.717, 1.165) is 30.6 Å². The molecule has 2 aromatic rings. The molecule has 0 radical (unpaired) electrons. The highest BCUT2D eigenvalue weighted by Gasteiger charge is 2.36. The molecule has 0 spiro atoms. The van der Waals surface area contributed by atoms with Crippen molar-refractivity contribution in [3.05, 3.63) is 24.2 Å². The molecule has 0 aromatic carbocycles. The Balaban J connectivity index is 1.35. The van der Waals surface area contributed by atoms with Crippen LogP contribution in [0.2, 0.25) is 0 Å². The van der Waals surface area contributed by atoms with Crippen LogP contribution in [0.25, 0.3) is 11.2 Å². The summed E-state index contributed by atoms with van der Waals surface area (Å²) >= 11 is 0. The van der Waals surface area contributed by atoms with E-state index >= 15 is 0 Å². The maximum absolute atomic E-state index is 13.2. The summed E-state index contributed by atoms with van der Waals surface area (Å²) in [4.78, 5) is 25.0. The first-order valence-electron chi connectivity index (χ1n) is 11.6. The van der Waals surface area contributed by atoms with E-state index in [-0.39, 0.29) is 11.4 Å². The number of imidazole rings is 1. The van der Waals surface area contributed by atoms with Crippen LogP contribution in [0.4, 0.5) is 0 Å². The minimum atomic E-state index is -0.0855. The molecule has 2 saturated carbocycles. The molecule has 1 amide bonds. The Labute approximate surface area is 173 Å². The van der Waals surface area contributed by atoms with Gasteiger partial charge in [-0.15, -0.1) is 0 Å². The molecule has 6 heteroatoms. The molecule has 3 aliphatic rings. The summed E-state index contributed by atoms with van der Waals surface area (Å²) in [6, 6.07) is 2.44. The number of pyridine rings is 1. The number of aromatic nitrogens is 3. The smallest absolute Gasteiger partial charge is 0.253 e. The van der Waals surface area contributed by atoms with Gasteiger partial charge >= 0.3 is 0 Å². The van der Waals surface area contributed by atoms with E-state index in [2.05, 4.69) is 24.8 Å². The van der Waals surface area contributed by atoms with E-state index in [9.17, 15) is 4.79 Å². The van der Waals surface area contributed by atoms with E-state index < -0.39 is 0 Å². The quantitative estimate of drug-likeness (QED) is 0.829. The van der Waals surface area contributed by atoms with Crippen LogP contribution in [0.1, 0.15) is 87.0 Å². The normalized spacial score (nSPS) is 23.0. The van der Waals surface area contributed by atoms with Gasteiger partial charge in [0, 0.05) is 18.8 Å². The number of rotatable bonds is 5. The van der Waals surface area contributed by atoms with Gasteiger partial charge < -0.3 is 14.8 Å². The Hall–Kier alpha value is -1.95. The zero-order valence-electron chi connectivity index (χ0n) is 17.4. The van der Waals surface area contributed by atoms with Crippen molar-refractivity contribution in [2.24, 2.45) is 0 Å². The van der Waals surface area contributed by atoms with Crippen molar-refractivity contribution in [2.75, 3.05) is 19.6 Å². The second-order valence-corrected chi connectivity index (χ2v) is 9.44. The third-order valence-electron chi connectivity index (χ3n) is 7.31. The molecule has 0 atom stereocenters. The topological polar surface area (TPSA) is 63.1 Å². The predicted molar refractivity (Wildman–Crippen MR) is 114 cm³/mol. The zero-order valence-corrected chi connectivity index (χ0v) is 17.4. The number of nitrogens with zero attached hydrogens (tertiary/aromatic N) is 4. The van der Waals surface area contributed by atoms with Crippen molar-refractivity contribution in [3.63, 3.8) is 0 Å². The fourth-order valence-electron chi connectivity index (χ4n) is 5.73. The van der Waals surface area contributed by atoms with Crippen molar-refractivity contribution in [1.29, 1.82) is 0 Å². The summed E-state index contributed by atoms with van der Waals surface area (Å²) in [6.45, 7) is 3.33. The lowest BCUT2D eigenvalue weighted by Crippen LogP contribution is -2.56. The SMILES string of the molecule is O=C(NC1(CN2CCCC2)CCCCC1)c1cnc2c(c1)ncn2C1CCCC1. The number of fused-ring (bicyclic) bond motifs is 1. The Bertz CT molecular complexity index is 857. The average Bonchev–Trinajstić information content (AvgIpc) is 3.49. The highest BCUT2D eigenvalue weighted by atomic mass is 16.1. The van der Waals surface area contributed by atoms with Crippen LogP contribution in [-0.2, 0) is 0 Å². The maximum Gasteiger partial charge on any atom is 0.253 e. The highest BCUT2D eigenvalue weighted by molar-refractivity contribution is 5.96. The molecule has 3 heterocycles. The summed E-state index contributed by atoms with van der Waals surface area (Å²) in [5.41, 5.74) is 2.30. The molecule has 2 aliphatic carbocycles. The molecule has 3 fully saturated rings. The third kappa shape index (κ3) is 3.91. The first-order valence-corrected chi connectivity index (χ1v) is 11.6. The summed E-state index contributed by atoms with van der Waals surface area (Å²) < 4.78 is 2.21. The van der Waals surface area contributed by atoms with Crippen molar-refractivity contribution in [1.82, 2.24) is 24.8 Å². The van der Waals surface area contributed by atoms with Crippen molar-refractivity contribution in [3.8, 4) is 0 Å². The van der Waals surface area contributed by atoms with E-state index in [4.69, 9.17) is 0 Å². The molecular formula is C23H33N5O. The molecule has 156 valence electrons. The van der Waals surface area contributed by atoms with Gasteiger partial charge in [-0.1, -0.05) is 32.1 Å². The van der Waals surface area contributed by atoms with Crippen molar-refractivity contribution < 1.29 is 4.79 Å². The first kappa shape index (κ1) is 19.0. The van der Waals surface area contributed by atoms with Gasteiger partial charge in [0.25, 0.3) is 5.91 Å². The zero-order chi connectivity index (χ0) is 19.7. The van der Waals surface area contributed by atoms with E-state index in [1.165, 1.54) is 70.9 Å². The van der Waals surface area contributed by atoms with Gasteiger partial charge in [0.1, 0.15) is 5.52 Å². The monoisotopic (exact) mass is 395 g/mol. The molecule has 1 saturated heterocycles. The second-order valence-electron chi connectivity index (χ2n) is 9.44. The van der Waals surface area contributed by atoms with Crippen molar-refractivity contribution in [2.45, 2.75) is 82.2 Å². The number of likely N-dealkylation sites (tertiary alicyclic amines) is 1. The van der Waals surface area contributed by atoms with Gasteiger partial charge in [0.2, 0.25) is 0 Å². The fraction of sp³-hybridized carbons (Fsp3) is 0.696. The summed E-state index contributed by atoms with van der Waals surface area (Å²) in [7, 11) is 0. The minimum Gasteiger partial charge on any atom is -0.345 e. The molecular weight excluding hydrogens is 362 g/mol. The van der Waals surface area contributed by atoms with Crippen LogP contribution in [0.5, 0.6) is 0 Å². The summed E-state index contributed by atoms with van der Waals surface area (Å²) in [6.07, 6.45) is 17.1. The minimum absolute atomic E-state index is 0.0101. The standard InChI is InChI=1S/C23H33N5O/c29-22(26-23(10-4-1-5-11-23)16-27-12-6-7-13-27)18-14-20-21(24-15-18)28(17-25-20)19-8-2-3-9-19/h14-15,17,19H,1-13,16H2,(H,26,29). The lowest BCUT2D eigenvalue weighted by atomic mass is 9.81. The van der Waals surface area contributed by atoms with Gasteiger partial charge in [-0.2, -0.15) is 0 Å². The van der Waals surface area contributed by atoms with E-state index in [0.29, 0.717) is 11.6 Å². The molecule has 2 aromatic heterocycles. The Kier molecular flexibility index (Phi) is 5.29.